The minimum Gasteiger partial charge on any atom is -0.453 e. The normalized spacial score (nSPS) is 24.1. The van der Waals surface area contributed by atoms with E-state index < -0.39 is 21.3 Å². The average Bonchev–Trinajstić information content (AvgIpc) is 3.63. The van der Waals surface area contributed by atoms with Gasteiger partial charge in [0.15, 0.2) is 9.84 Å². The van der Waals surface area contributed by atoms with Crippen molar-refractivity contribution in [2.45, 2.75) is 73.1 Å². The summed E-state index contributed by atoms with van der Waals surface area (Å²) in [6.07, 6.45) is 11.6. The largest absolute Gasteiger partial charge is 0.453 e. The Morgan fingerprint density at radius 3 is 2.47 bits per heavy atom. The quantitative estimate of drug-likeness (QED) is 0.299. The number of sulfone groups is 1. The number of imidazole rings is 1. The molecule has 11 heteroatoms. The molecule has 47 heavy (non-hydrogen) atoms. The summed E-state index contributed by atoms with van der Waals surface area (Å²) in [5.41, 5.74) is 1.68. The highest BCUT2D eigenvalue weighted by atomic mass is 32.2. The van der Waals surface area contributed by atoms with Crippen molar-refractivity contribution in [3.05, 3.63) is 78.6 Å². The summed E-state index contributed by atoms with van der Waals surface area (Å²) in [7, 11) is -1.76. The van der Waals surface area contributed by atoms with Gasteiger partial charge in [0.1, 0.15) is 5.82 Å². The second-order valence-electron chi connectivity index (χ2n) is 14.1. The molecule has 7 rings (SSSR count). The van der Waals surface area contributed by atoms with Crippen LogP contribution in [0.5, 0.6) is 0 Å². The molecule has 3 atom stereocenters. The molecule has 4 fully saturated rings. The average molecular weight is 664 g/mol. The first-order chi connectivity index (χ1) is 22.8. The van der Waals surface area contributed by atoms with E-state index in [-0.39, 0.29) is 28.9 Å². The number of hydrogen-bond donors (Lipinski definition) is 1. The van der Waals surface area contributed by atoms with Gasteiger partial charge in [0, 0.05) is 61.6 Å². The zero-order valence-electron chi connectivity index (χ0n) is 27.1. The van der Waals surface area contributed by atoms with Crippen molar-refractivity contribution in [1.82, 2.24) is 19.8 Å². The summed E-state index contributed by atoms with van der Waals surface area (Å²) < 4.78 is 47.3. The molecule has 0 bridgehead atoms. The van der Waals surface area contributed by atoms with Gasteiger partial charge in [0.05, 0.1) is 23.6 Å². The number of anilines is 1. The Hall–Kier alpha value is -3.44. The summed E-state index contributed by atoms with van der Waals surface area (Å²) in [6, 6.07) is 14.5. The van der Waals surface area contributed by atoms with E-state index in [1.807, 2.05) is 30.7 Å². The lowest BCUT2D eigenvalue weighted by Gasteiger charge is -2.51. The summed E-state index contributed by atoms with van der Waals surface area (Å²) >= 11 is 0. The Morgan fingerprint density at radius 2 is 1.81 bits per heavy atom. The predicted molar refractivity (Wildman–Crippen MR) is 178 cm³/mol. The number of methoxy groups -OCH3 is 1. The molecule has 9 nitrogen and oxygen atoms in total. The van der Waals surface area contributed by atoms with Crippen LogP contribution in [0.1, 0.15) is 50.5 Å². The molecule has 3 heterocycles. The van der Waals surface area contributed by atoms with Crippen molar-refractivity contribution in [1.29, 1.82) is 0 Å². The first kappa shape index (κ1) is 32.1. The molecule has 2 aliphatic heterocycles. The number of nitrogens with zero attached hydrogens (tertiary/aromatic N) is 4. The smallest absolute Gasteiger partial charge is 0.407 e. The second-order valence-corrected chi connectivity index (χ2v) is 16.4. The Balaban J connectivity index is 1.05. The number of benzene rings is 2. The van der Waals surface area contributed by atoms with Gasteiger partial charge >= 0.3 is 6.09 Å². The van der Waals surface area contributed by atoms with Crippen molar-refractivity contribution >= 4 is 21.6 Å². The van der Waals surface area contributed by atoms with Crippen LogP contribution < -0.4 is 10.2 Å². The van der Waals surface area contributed by atoms with Gasteiger partial charge in [-0.25, -0.2) is 22.6 Å². The maximum absolute atomic E-state index is 15.0. The zero-order chi connectivity index (χ0) is 32.6. The molecule has 2 aromatic carbocycles. The number of aromatic nitrogens is 2. The molecule has 2 saturated carbocycles. The van der Waals surface area contributed by atoms with Gasteiger partial charge in [-0.1, -0.05) is 18.6 Å². The number of ether oxygens (including phenoxy) is 1. The number of alkyl carbamates (subject to hydrolysis) is 1. The third kappa shape index (κ3) is 6.53. The number of carbonyl (C=O) groups excluding carboxylic acids is 1. The molecule has 4 aliphatic rings. The molecule has 2 saturated heterocycles. The number of rotatable bonds is 11. The van der Waals surface area contributed by atoms with E-state index in [1.165, 1.54) is 13.2 Å². The lowest BCUT2D eigenvalue weighted by atomic mass is 9.58. The molecule has 1 amide bonds. The molecule has 0 spiro atoms. The first-order valence-corrected chi connectivity index (χ1v) is 18.7. The summed E-state index contributed by atoms with van der Waals surface area (Å²) in [6.45, 7) is 5.57. The number of carbonyl (C=O) groups is 1. The van der Waals surface area contributed by atoms with Gasteiger partial charge in [-0.3, -0.25) is 0 Å². The van der Waals surface area contributed by atoms with E-state index in [9.17, 15) is 17.6 Å². The Bertz CT molecular complexity index is 1630. The molecule has 252 valence electrons. The molecular formula is C36H46FN5O4S. The second kappa shape index (κ2) is 13.2. The maximum atomic E-state index is 15.0. The minimum atomic E-state index is -3.16. The summed E-state index contributed by atoms with van der Waals surface area (Å²) in [5.74, 6) is 0.729. The highest BCUT2D eigenvalue weighted by Gasteiger charge is 2.52. The fourth-order valence-corrected chi connectivity index (χ4v) is 10.5. The van der Waals surface area contributed by atoms with Crippen molar-refractivity contribution in [3.63, 3.8) is 0 Å². The minimum absolute atomic E-state index is 0.0592. The Kier molecular flexibility index (Phi) is 9.04. The number of hydrogen-bond acceptors (Lipinski definition) is 7. The van der Waals surface area contributed by atoms with Crippen LogP contribution in [0.25, 0.3) is 0 Å². The third-order valence-corrected chi connectivity index (χ3v) is 13.6. The fourth-order valence-electron chi connectivity index (χ4n) is 8.82. The van der Waals surface area contributed by atoms with E-state index >= 15 is 0 Å². The van der Waals surface area contributed by atoms with Gasteiger partial charge in [-0.15, -0.1) is 0 Å². The highest BCUT2D eigenvalue weighted by Crippen LogP contribution is 2.51. The molecule has 1 aromatic heterocycles. The van der Waals surface area contributed by atoms with Gasteiger partial charge in [0.25, 0.3) is 0 Å². The first-order valence-electron chi connectivity index (χ1n) is 17.1. The maximum Gasteiger partial charge on any atom is 0.407 e. The van der Waals surface area contributed by atoms with E-state index in [0.29, 0.717) is 17.4 Å². The van der Waals surface area contributed by atoms with Crippen LogP contribution in [-0.2, 0) is 26.5 Å². The lowest BCUT2D eigenvalue weighted by Crippen LogP contribution is -2.56. The zero-order valence-corrected chi connectivity index (χ0v) is 28.0. The van der Waals surface area contributed by atoms with Gasteiger partial charge in [-0.05, 0) is 105 Å². The van der Waals surface area contributed by atoms with Gasteiger partial charge < -0.3 is 24.4 Å². The van der Waals surface area contributed by atoms with Crippen molar-refractivity contribution in [3.8, 4) is 0 Å². The monoisotopic (exact) mass is 663 g/mol. The van der Waals surface area contributed by atoms with Gasteiger partial charge in [-0.2, -0.15) is 0 Å². The van der Waals surface area contributed by atoms with Crippen LogP contribution in [0.3, 0.4) is 0 Å². The molecular weight excluding hydrogens is 617 g/mol. The molecule has 0 unspecified atom stereocenters. The summed E-state index contributed by atoms with van der Waals surface area (Å²) in [5, 5.41) is 2.96. The molecule has 0 radical (unpaired) electrons. The van der Waals surface area contributed by atoms with E-state index in [4.69, 9.17) is 4.74 Å². The van der Waals surface area contributed by atoms with Crippen LogP contribution in [-0.4, -0.2) is 80.1 Å². The molecule has 1 N–H and O–H groups in total. The highest BCUT2D eigenvalue weighted by molar-refractivity contribution is 7.92. The topological polar surface area (TPSA) is 96.8 Å². The third-order valence-electron chi connectivity index (χ3n) is 11.3. The number of piperidine rings is 1. The number of amides is 1. The van der Waals surface area contributed by atoms with Crippen molar-refractivity contribution < 1.29 is 22.3 Å². The van der Waals surface area contributed by atoms with Crippen molar-refractivity contribution in [2.24, 2.45) is 17.8 Å². The van der Waals surface area contributed by atoms with Gasteiger partial charge in [0.2, 0.25) is 0 Å². The standard InChI is InChI=1S/C36H46FN5O4S/c1-46-35(43)39-34-7-3-6-33(34)36(24-41-19-16-38-25-41,28-4-2-5-29(37)20-28)27-14-17-40(18-15-27)21-26-22-42(23-26)30-8-10-31(11-9-30)47(44,45)32-12-13-32/h2,4-5,8-11,16,19-20,25-27,32-34H,3,6-7,12-15,17-18,21-24H2,1H3,(H,39,43)/t33-,34-,36-/m0/s1. The summed E-state index contributed by atoms with van der Waals surface area (Å²) in [4.78, 5) is 22.2. The lowest BCUT2D eigenvalue weighted by molar-refractivity contribution is 0.0546. The van der Waals surface area contributed by atoms with Crippen LogP contribution in [0, 0.1) is 23.6 Å². The van der Waals surface area contributed by atoms with Crippen LogP contribution in [0.4, 0.5) is 14.9 Å². The van der Waals surface area contributed by atoms with E-state index in [2.05, 4.69) is 30.7 Å². The number of nitrogens with one attached hydrogen (secondary N) is 1. The predicted octanol–water partition coefficient (Wildman–Crippen LogP) is 5.27. The Morgan fingerprint density at radius 1 is 1.04 bits per heavy atom. The molecule has 3 aromatic rings. The van der Waals surface area contributed by atoms with E-state index in [0.717, 1.165) is 88.9 Å². The molecule has 2 aliphatic carbocycles. The Labute approximate surface area is 277 Å². The van der Waals surface area contributed by atoms with E-state index in [1.54, 1.807) is 24.4 Å². The van der Waals surface area contributed by atoms with Crippen LogP contribution in [0.15, 0.2) is 72.1 Å². The number of halogens is 1. The van der Waals surface area contributed by atoms with Crippen LogP contribution in [0.2, 0.25) is 0 Å². The number of likely N-dealkylation sites (tertiary alicyclic amines) is 1. The fraction of sp³-hybridized carbons (Fsp3) is 0.556. The SMILES string of the molecule is COC(=O)N[C@H]1CCC[C@@H]1[C@](Cn1ccnc1)(c1cccc(F)c1)C1CCN(CC2CN(c3ccc(S(=O)(=O)C4CC4)cc3)C2)CC1. The van der Waals surface area contributed by atoms with Crippen LogP contribution >= 0.6 is 0 Å². The van der Waals surface area contributed by atoms with Crippen molar-refractivity contribution in [2.75, 3.05) is 44.7 Å².